The number of rotatable bonds is 3. The lowest BCUT2D eigenvalue weighted by atomic mass is 10.0. The number of ether oxygens (including phenoxy) is 1. The standard InChI is InChI=1S/C12H14Cl2O2/c13-9-3-4-10(14)8(6-9)7-11(15)12-2-1-5-16-12/h3-4,6,11-12,15H,1-2,5,7H2. The zero-order valence-electron chi connectivity index (χ0n) is 8.83. The Morgan fingerprint density at radius 1 is 1.44 bits per heavy atom. The molecule has 16 heavy (non-hydrogen) atoms. The second-order valence-corrected chi connectivity index (χ2v) is 4.90. The van der Waals surface area contributed by atoms with Crippen LogP contribution in [0.5, 0.6) is 0 Å². The van der Waals surface area contributed by atoms with Crippen molar-refractivity contribution in [1.29, 1.82) is 0 Å². The second-order valence-electron chi connectivity index (χ2n) is 4.06. The first kappa shape index (κ1) is 12.2. The molecule has 4 heteroatoms. The highest BCUT2D eigenvalue weighted by Gasteiger charge is 2.24. The lowest BCUT2D eigenvalue weighted by molar-refractivity contribution is -0.000761. The fourth-order valence-corrected chi connectivity index (χ4v) is 2.35. The maximum Gasteiger partial charge on any atom is 0.0842 e. The van der Waals surface area contributed by atoms with Crippen LogP contribution in [-0.2, 0) is 11.2 Å². The lowest BCUT2D eigenvalue weighted by Gasteiger charge is -2.18. The minimum Gasteiger partial charge on any atom is -0.390 e. The van der Waals surface area contributed by atoms with Crippen LogP contribution in [-0.4, -0.2) is 23.9 Å². The molecule has 1 aromatic rings. The van der Waals surface area contributed by atoms with Crippen molar-refractivity contribution in [1.82, 2.24) is 0 Å². The maximum atomic E-state index is 9.99. The molecule has 88 valence electrons. The Bertz CT molecular complexity index is 362. The van der Waals surface area contributed by atoms with Crippen molar-refractivity contribution >= 4 is 23.2 Å². The third-order valence-electron chi connectivity index (χ3n) is 2.83. The van der Waals surface area contributed by atoms with Gasteiger partial charge in [0.1, 0.15) is 0 Å². The Kier molecular flexibility index (Phi) is 4.09. The SMILES string of the molecule is OC(Cc1cc(Cl)ccc1Cl)C1CCCO1. The van der Waals surface area contributed by atoms with Crippen LogP contribution in [0.2, 0.25) is 10.0 Å². The Hall–Kier alpha value is -0.280. The zero-order chi connectivity index (χ0) is 11.5. The summed E-state index contributed by atoms with van der Waals surface area (Å²) in [6, 6.07) is 5.29. The van der Waals surface area contributed by atoms with Crippen LogP contribution in [0, 0.1) is 0 Å². The average molecular weight is 261 g/mol. The summed E-state index contributed by atoms with van der Waals surface area (Å²) in [6.45, 7) is 0.741. The van der Waals surface area contributed by atoms with Gasteiger partial charge in [0.05, 0.1) is 12.2 Å². The first-order valence-electron chi connectivity index (χ1n) is 5.40. The summed E-state index contributed by atoms with van der Waals surface area (Å²) in [6.07, 6.45) is 1.86. The fraction of sp³-hybridized carbons (Fsp3) is 0.500. The molecule has 2 unspecified atom stereocenters. The average Bonchev–Trinajstić information content (AvgIpc) is 2.76. The summed E-state index contributed by atoms with van der Waals surface area (Å²) in [7, 11) is 0. The quantitative estimate of drug-likeness (QED) is 0.906. The number of hydrogen-bond donors (Lipinski definition) is 1. The number of benzene rings is 1. The Labute approximate surface area is 105 Å². The van der Waals surface area contributed by atoms with Gasteiger partial charge in [0.15, 0.2) is 0 Å². The minimum absolute atomic E-state index is 0.0601. The van der Waals surface area contributed by atoms with E-state index in [1.807, 2.05) is 0 Å². The van der Waals surface area contributed by atoms with Gasteiger partial charge in [0, 0.05) is 23.1 Å². The molecule has 0 amide bonds. The van der Waals surface area contributed by atoms with Crippen molar-refractivity contribution in [2.24, 2.45) is 0 Å². The first-order valence-corrected chi connectivity index (χ1v) is 6.16. The van der Waals surface area contributed by atoms with Gasteiger partial charge in [-0.3, -0.25) is 0 Å². The van der Waals surface area contributed by atoms with Gasteiger partial charge in [-0.15, -0.1) is 0 Å². The van der Waals surface area contributed by atoms with Gasteiger partial charge >= 0.3 is 0 Å². The van der Waals surface area contributed by atoms with Crippen molar-refractivity contribution in [2.75, 3.05) is 6.61 Å². The molecular weight excluding hydrogens is 247 g/mol. The van der Waals surface area contributed by atoms with Gasteiger partial charge in [0.2, 0.25) is 0 Å². The molecule has 1 aliphatic heterocycles. The zero-order valence-corrected chi connectivity index (χ0v) is 10.3. The predicted octanol–water partition coefficient (Wildman–Crippen LogP) is 3.08. The highest BCUT2D eigenvalue weighted by molar-refractivity contribution is 6.33. The van der Waals surface area contributed by atoms with E-state index < -0.39 is 6.10 Å². The third kappa shape index (κ3) is 2.89. The molecule has 1 aromatic carbocycles. The van der Waals surface area contributed by atoms with E-state index in [0.717, 1.165) is 25.0 Å². The summed E-state index contributed by atoms with van der Waals surface area (Å²) in [4.78, 5) is 0. The molecule has 1 N–H and O–H groups in total. The third-order valence-corrected chi connectivity index (χ3v) is 3.43. The lowest BCUT2D eigenvalue weighted by Crippen LogP contribution is -2.27. The normalized spacial score (nSPS) is 22.3. The highest BCUT2D eigenvalue weighted by Crippen LogP contribution is 2.24. The number of hydrogen-bond acceptors (Lipinski definition) is 2. The van der Waals surface area contributed by atoms with E-state index in [2.05, 4.69) is 0 Å². The van der Waals surface area contributed by atoms with Crippen LogP contribution >= 0.6 is 23.2 Å². The molecule has 0 bridgehead atoms. The molecular formula is C12H14Cl2O2. The molecule has 2 nitrogen and oxygen atoms in total. The second kappa shape index (κ2) is 5.37. The molecule has 1 heterocycles. The monoisotopic (exact) mass is 260 g/mol. The summed E-state index contributed by atoms with van der Waals surface area (Å²) in [5.74, 6) is 0. The van der Waals surface area contributed by atoms with Crippen LogP contribution in [0.3, 0.4) is 0 Å². The topological polar surface area (TPSA) is 29.5 Å². The van der Waals surface area contributed by atoms with E-state index >= 15 is 0 Å². The maximum absolute atomic E-state index is 9.99. The molecule has 1 aliphatic rings. The van der Waals surface area contributed by atoms with Gasteiger partial charge in [-0.25, -0.2) is 0 Å². The molecule has 0 aliphatic carbocycles. The van der Waals surface area contributed by atoms with Gasteiger partial charge in [-0.1, -0.05) is 23.2 Å². The Morgan fingerprint density at radius 2 is 2.25 bits per heavy atom. The van der Waals surface area contributed by atoms with Gasteiger partial charge in [0.25, 0.3) is 0 Å². The van der Waals surface area contributed by atoms with Gasteiger partial charge in [-0.2, -0.15) is 0 Å². The molecule has 0 aromatic heterocycles. The number of aliphatic hydroxyl groups excluding tert-OH is 1. The van der Waals surface area contributed by atoms with Crippen LogP contribution in [0.4, 0.5) is 0 Å². The van der Waals surface area contributed by atoms with E-state index in [1.54, 1.807) is 18.2 Å². The summed E-state index contributed by atoms with van der Waals surface area (Å²) >= 11 is 11.9. The molecule has 1 fully saturated rings. The van der Waals surface area contributed by atoms with Gasteiger partial charge < -0.3 is 9.84 Å². The van der Waals surface area contributed by atoms with Crippen molar-refractivity contribution in [2.45, 2.75) is 31.5 Å². The van der Waals surface area contributed by atoms with Crippen molar-refractivity contribution in [3.63, 3.8) is 0 Å². The van der Waals surface area contributed by atoms with Crippen molar-refractivity contribution < 1.29 is 9.84 Å². The van der Waals surface area contributed by atoms with Gasteiger partial charge in [-0.05, 0) is 36.6 Å². The van der Waals surface area contributed by atoms with E-state index in [4.69, 9.17) is 27.9 Å². The van der Waals surface area contributed by atoms with E-state index in [0.29, 0.717) is 16.5 Å². The first-order chi connectivity index (χ1) is 7.66. The van der Waals surface area contributed by atoms with Crippen molar-refractivity contribution in [3.05, 3.63) is 33.8 Å². The van der Waals surface area contributed by atoms with Crippen molar-refractivity contribution in [3.8, 4) is 0 Å². The molecule has 2 rings (SSSR count). The molecule has 0 spiro atoms. The summed E-state index contributed by atoms with van der Waals surface area (Å²) < 4.78 is 5.43. The molecule has 0 radical (unpaired) electrons. The van der Waals surface area contributed by atoms with Crippen LogP contribution < -0.4 is 0 Å². The summed E-state index contributed by atoms with van der Waals surface area (Å²) in [5.41, 5.74) is 0.872. The van der Waals surface area contributed by atoms with Crippen LogP contribution in [0.25, 0.3) is 0 Å². The number of aliphatic hydroxyl groups is 1. The van der Waals surface area contributed by atoms with Crippen LogP contribution in [0.1, 0.15) is 18.4 Å². The predicted molar refractivity (Wildman–Crippen MR) is 65.1 cm³/mol. The summed E-state index contributed by atoms with van der Waals surface area (Å²) in [5, 5.41) is 11.3. The molecule has 2 atom stereocenters. The van der Waals surface area contributed by atoms with E-state index in [1.165, 1.54) is 0 Å². The number of halogens is 2. The molecule has 0 saturated carbocycles. The fourth-order valence-electron chi connectivity index (χ4n) is 1.96. The highest BCUT2D eigenvalue weighted by atomic mass is 35.5. The smallest absolute Gasteiger partial charge is 0.0842 e. The minimum atomic E-state index is -0.501. The van der Waals surface area contributed by atoms with E-state index in [-0.39, 0.29) is 6.10 Å². The van der Waals surface area contributed by atoms with Crippen LogP contribution in [0.15, 0.2) is 18.2 Å². The molecule has 1 saturated heterocycles. The Morgan fingerprint density at radius 3 is 2.94 bits per heavy atom. The largest absolute Gasteiger partial charge is 0.390 e. The van der Waals surface area contributed by atoms with E-state index in [9.17, 15) is 5.11 Å². The Balaban J connectivity index is 2.04.